The van der Waals surface area contributed by atoms with Gasteiger partial charge in [-0.25, -0.2) is 4.68 Å². The molecule has 0 amide bonds. The summed E-state index contributed by atoms with van der Waals surface area (Å²) in [4.78, 5) is 0. The first-order valence-electron chi connectivity index (χ1n) is 6.41. The monoisotopic (exact) mass is 248 g/mol. The summed E-state index contributed by atoms with van der Waals surface area (Å²) in [5.74, 6) is 0. The number of rotatable bonds is 5. The number of aromatic nitrogens is 5. The van der Waals surface area contributed by atoms with E-state index in [0.29, 0.717) is 0 Å². The molecule has 0 saturated heterocycles. The SMILES string of the molecule is CCc1cc(C(N)c2cnnn2CC)n(CC)n1. The maximum Gasteiger partial charge on any atom is 0.0910 e. The lowest BCUT2D eigenvalue weighted by atomic mass is 10.1. The summed E-state index contributed by atoms with van der Waals surface area (Å²) in [5.41, 5.74) is 9.33. The Labute approximate surface area is 107 Å². The average molecular weight is 248 g/mol. The van der Waals surface area contributed by atoms with Crippen molar-refractivity contribution in [1.29, 1.82) is 0 Å². The van der Waals surface area contributed by atoms with Crippen molar-refractivity contribution in [3.05, 3.63) is 29.3 Å². The second kappa shape index (κ2) is 5.30. The highest BCUT2D eigenvalue weighted by molar-refractivity contribution is 5.22. The minimum Gasteiger partial charge on any atom is -0.318 e. The Bertz CT molecular complexity index is 512. The van der Waals surface area contributed by atoms with Gasteiger partial charge in [-0.05, 0) is 26.3 Å². The molecule has 0 bridgehead atoms. The van der Waals surface area contributed by atoms with E-state index in [4.69, 9.17) is 5.73 Å². The van der Waals surface area contributed by atoms with Gasteiger partial charge in [0.05, 0.1) is 29.3 Å². The summed E-state index contributed by atoms with van der Waals surface area (Å²) in [6, 6.07) is 1.84. The molecular formula is C12H20N6. The third-order valence-electron chi connectivity index (χ3n) is 3.11. The van der Waals surface area contributed by atoms with E-state index in [1.54, 1.807) is 6.20 Å². The molecule has 2 rings (SSSR count). The van der Waals surface area contributed by atoms with E-state index < -0.39 is 0 Å². The van der Waals surface area contributed by atoms with Crippen LogP contribution in [-0.2, 0) is 19.5 Å². The van der Waals surface area contributed by atoms with Crippen LogP contribution in [0.3, 0.4) is 0 Å². The van der Waals surface area contributed by atoms with Crippen molar-refractivity contribution in [3.8, 4) is 0 Å². The van der Waals surface area contributed by atoms with E-state index in [0.717, 1.165) is 36.6 Å². The third-order valence-corrected chi connectivity index (χ3v) is 3.11. The molecule has 98 valence electrons. The van der Waals surface area contributed by atoms with Crippen molar-refractivity contribution < 1.29 is 0 Å². The normalized spacial score (nSPS) is 12.9. The molecule has 0 radical (unpaired) electrons. The largest absolute Gasteiger partial charge is 0.318 e. The van der Waals surface area contributed by atoms with Gasteiger partial charge < -0.3 is 5.73 Å². The molecule has 0 saturated carbocycles. The summed E-state index contributed by atoms with van der Waals surface area (Å²) in [5, 5.41) is 12.5. The molecule has 18 heavy (non-hydrogen) atoms. The van der Waals surface area contributed by atoms with Crippen LogP contribution in [0.5, 0.6) is 0 Å². The predicted octanol–water partition coefficient (Wildman–Crippen LogP) is 1.12. The fourth-order valence-corrected chi connectivity index (χ4v) is 2.07. The van der Waals surface area contributed by atoms with Gasteiger partial charge in [-0.15, -0.1) is 5.10 Å². The standard InChI is InChI=1S/C12H20N6/c1-4-9-7-10(17(5-2)15-9)12(13)11-8-14-16-18(11)6-3/h7-8,12H,4-6,13H2,1-3H3. The number of nitrogens with two attached hydrogens (primary N) is 1. The van der Waals surface area contributed by atoms with Gasteiger partial charge in [0, 0.05) is 13.1 Å². The van der Waals surface area contributed by atoms with Crippen LogP contribution in [0.25, 0.3) is 0 Å². The molecule has 2 N–H and O–H groups in total. The second-order valence-corrected chi connectivity index (χ2v) is 4.18. The van der Waals surface area contributed by atoms with Crippen molar-refractivity contribution >= 4 is 0 Å². The molecule has 0 aliphatic rings. The highest BCUT2D eigenvalue weighted by Crippen LogP contribution is 2.20. The Morgan fingerprint density at radius 3 is 2.50 bits per heavy atom. The zero-order valence-electron chi connectivity index (χ0n) is 11.2. The molecule has 0 aliphatic carbocycles. The van der Waals surface area contributed by atoms with Crippen LogP contribution in [0.15, 0.2) is 12.3 Å². The first kappa shape index (κ1) is 12.8. The molecule has 2 aromatic rings. The lowest BCUT2D eigenvalue weighted by Gasteiger charge is -2.13. The van der Waals surface area contributed by atoms with Gasteiger partial charge >= 0.3 is 0 Å². The second-order valence-electron chi connectivity index (χ2n) is 4.18. The molecule has 0 aliphatic heterocycles. The molecule has 2 aromatic heterocycles. The molecule has 0 aromatic carbocycles. The highest BCUT2D eigenvalue weighted by atomic mass is 15.4. The van der Waals surface area contributed by atoms with Gasteiger partial charge in [0.15, 0.2) is 0 Å². The Morgan fingerprint density at radius 1 is 1.17 bits per heavy atom. The van der Waals surface area contributed by atoms with Gasteiger partial charge in [-0.1, -0.05) is 12.1 Å². The molecular weight excluding hydrogens is 228 g/mol. The van der Waals surface area contributed by atoms with Crippen LogP contribution in [0.2, 0.25) is 0 Å². The Hall–Kier alpha value is -1.69. The first-order chi connectivity index (χ1) is 8.71. The van der Waals surface area contributed by atoms with Crippen LogP contribution >= 0.6 is 0 Å². The smallest absolute Gasteiger partial charge is 0.0910 e. The van der Waals surface area contributed by atoms with Gasteiger partial charge in [-0.3, -0.25) is 4.68 Å². The van der Waals surface area contributed by atoms with E-state index in [1.807, 2.05) is 16.3 Å². The molecule has 6 heteroatoms. The van der Waals surface area contributed by atoms with Crippen LogP contribution in [0.1, 0.15) is 43.9 Å². The minimum atomic E-state index is -0.229. The maximum atomic E-state index is 6.32. The van der Waals surface area contributed by atoms with E-state index in [9.17, 15) is 0 Å². The molecule has 1 atom stereocenters. The molecule has 6 nitrogen and oxygen atoms in total. The van der Waals surface area contributed by atoms with E-state index in [1.165, 1.54) is 0 Å². The van der Waals surface area contributed by atoms with Gasteiger partial charge in [-0.2, -0.15) is 5.10 Å². The van der Waals surface area contributed by atoms with Crippen LogP contribution < -0.4 is 5.73 Å². The first-order valence-corrected chi connectivity index (χ1v) is 6.41. The van der Waals surface area contributed by atoms with Gasteiger partial charge in [0.25, 0.3) is 0 Å². The molecule has 0 spiro atoms. The van der Waals surface area contributed by atoms with Crippen LogP contribution in [0, 0.1) is 0 Å². The van der Waals surface area contributed by atoms with Gasteiger partial charge in [0.1, 0.15) is 0 Å². The fraction of sp³-hybridized carbons (Fsp3) is 0.583. The van der Waals surface area contributed by atoms with Crippen molar-refractivity contribution in [2.75, 3.05) is 0 Å². The number of hydrogen-bond acceptors (Lipinski definition) is 4. The summed E-state index contributed by atoms with van der Waals surface area (Å²) < 4.78 is 3.78. The maximum absolute atomic E-state index is 6.32. The zero-order chi connectivity index (χ0) is 13.1. The third kappa shape index (κ3) is 2.15. The summed E-state index contributed by atoms with van der Waals surface area (Å²) in [6.07, 6.45) is 2.64. The lowest BCUT2D eigenvalue weighted by molar-refractivity contribution is 0.548. The zero-order valence-corrected chi connectivity index (χ0v) is 11.2. The van der Waals surface area contributed by atoms with Gasteiger partial charge in [0.2, 0.25) is 0 Å². The Kier molecular flexibility index (Phi) is 3.76. The quantitative estimate of drug-likeness (QED) is 0.860. The number of aryl methyl sites for hydroxylation is 3. The average Bonchev–Trinajstić information content (AvgIpc) is 3.03. The highest BCUT2D eigenvalue weighted by Gasteiger charge is 2.19. The number of nitrogens with zero attached hydrogens (tertiary/aromatic N) is 5. The summed E-state index contributed by atoms with van der Waals surface area (Å²) >= 11 is 0. The van der Waals surface area contributed by atoms with E-state index >= 15 is 0 Å². The summed E-state index contributed by atoms with van der Waals surface area (Å²) in [7, 11) is 0. The van der Waals surface area contributed by atoms with Crippen LogP contribution in [-0.4, -0.2) is 24.8 Å². The minimum absolute atomic E-state index is 0.229. The van der Waals surface area contributed by atoms with Crippen molar-refractivity contribution in [2.45, 2.75) is 46.3 Å². The number of hydrogen-bond donors (Lipinski definition) is 1. The Balaban J connectivity index is 2.38. The van der Waals surface area contributed by atoms with E-state index in [2.05, 4.69) is 35.3 Å². The lowest BCUT2D eigenvalue weighted by Crippen LogP contribution is -2.20. The predicted molar refractivity (Wildman–Crippen MR) is 69.0 cm³/mol. The van der Waals surface area contributed by atoms with Crippen molar-refractivity contribution in [2.24, 2.45) is 5.73 Å². The summed E-state index contributed by atoms with van der Waals surface area (Å²) in [6.45, 7) is 7.77. The van der Waals surface area contributed by atoms with Crippen molar-refractivity contribution in [1.82, 2.24) is 24.8 Å². The van der Waals surface area contributed by atoms with Crippen molar-refractivity contribution in [3.63, 3.8) is 0 Å². The Morgan fingerprint density at radius 2 is 1.89 bits per heavy atom. The molecule has 2 heterocycles. The topological polar surface area (TPSA) is 74.5 Å². The molecule has 0 fully saturated rings. The van der Waals surface area contributed by atoms with Crippen LogP contribution in [0.4, 0.5) is 0 Å². The fourth-order valence-electron chi connectivity index (χ4n) is 2.07. The molecule has 1 unspecified atom stereocenters. The van der Waals surface area contributed by atoms with E-state index in [-0.39, 0.29) is 6.04 Å².